The van der Waals surface area contributed by atoms with Gasteiger partial charge in [-0.2, -0.15) is 0 Å². The topological polar surface area (TPSA) is 44.5 Å². The van der Waals surface area contributed by atoms with Crippen molar-refractivity contribution in [2.75, 3.05) is 20.3 Å². The highest BCUT2D eigenvalue weighted by Gasteiger charge is 2.26. The van der Waals surface area contributed by atoms with Gasteiger partial charge < -0.3 is 15.2 Å². The number of methoxy groups -OCH3 is 1. The molecule has 1 fully saturated rings. The minimum absolute atomic E-state index is 0.128. The molecular weight excluding hydrogens is 178 g/mol. The Kier molecular flexibility index (Phi) is 2.70. The van der Waals surface area contributed by atoms with Crippen LogP contribution in [0.5, 0.6) is 5.75 Å². The normalized spacial score (nSPS) is 26.4. The van der Waals surface area contributed by atoms with Crippen molar-refractivity contribution in [2.45, 2.75) is 12.0 Å². The van der Waals surface area contributed by atoms with Gasteiger partial charge in [-0.25, -0.2) is 0 Å². The number of hydrogen-bond donors (Lipinski definition) is 1. The van der Waals surface area contributed by atoms with Gasteiger partial charge in [-0.05, 0) is 17.7 Å². The fourth-order valence-corrected chi connectivity index (χ4v) is 1.77. The number of benzene rings is 1. The Balaban J connectivity index is 2.16. The quantitative estimate of drug-likeness (QED) is 0.766. The summed E-state index contributed by atoms with van der Waals surface area (Å²) < 4.78 is 10.4. The van der Waals surface area contributed by atoms with Crippen LogP contribution in [0.4, 0.5) is 0 Å². The maximum absolute atomic E-state index is 5.93. The molecule has 0 bridgehead atoms. The highest BCUT2D eigenvalue weighted by atomic mass is 16.5. The summed E-state index contributed by atoms with van der Waals surface area (Å²) in [6.07, 6.45) is 0. The minimum Gasteiger partial charge on any atom is -0.497 e. The summed E-state index contributed by atoms with van der Waals surface area (Å²) >= 11 is 0. The van der Waals surface area contributed by atoms with Gasteiger partial charge in [0.15, 0.2) is 0 Å². The number of nitrogens with two attached hydrogens (primary N) is 1. The highest BCUT2D eigenvalue weighted by molar-refractivity contribution is 5.30. The van der Waals surface area contributed by atoms with Crippen LogP contribution in [0.15, 0.2) is 24.3 Å². The molecule has 2 atom stereocenters. The summed E-state index contributed by atoms with van der Waals surface area (Å²) in [5.41, 5.74) is 7.16. The molecule has 1 aliphatic heterocycles. The lowest BCUT2D eigenvalue weighted by atomic mass is 9.95. The molecule has 0 aromatic heterocycles. The molecule has 2 rings (SSSR count). The van der Waals surface area contributed by atoms with Crippen LogP contribution < -0.4 is 10.5 Å². The molecule has 1 aromatic rings. The average molecular weight is 193 g/mol. The summed E-state index contributed by atoms with van der Waals surface area (Å²) in [6.45, 7) is 1.39. The van der Waals surface area contributed by atoms with E-state index in [0.717, 1.165) is 12.4 Å². The Bertz CT molecular complexity index is 297. The van der Waals surface area contributed by atoms with Gasteiger partial charge in [-0.15, -0.1) is 0 Å². The first-order valence-electron chi connectivity index (χ1n) is 4.78. The molecule has 0 radical (unpaired) electrons. The van der Waals surface area contributed by atoms with Gasteiger partial charge in [0.25, 0.3) is 0 Å². The van der Waals surface area contributed by atoms with Crippen LogP contribution in [0.1, 0.15) is 11.5 Å². The smallest absolute Gasteiger partial charge is 0.118 e. The fourth-order valence-electron chi connectivity index (χ4n) is 1.77. The van der Waals surface area contributed by atoms with Gasteiger partial charge in [0, 0.05) is 12.0 Å². The molecule has 1 aliphatic rings. The second kappa shape index (κ2) is 3.98. The third-order valence-electron chi connectivity index (χ3n) is 2.67. The molecular formula is C11H15NO2. The molecule has 0 amide bonds. The first-order valence-corrected chi connectivity index (χ1v) is 4.78. The SMILES string of the molecule is COc1ccc(C2COCC2N)cc1. The monoisotopic (exact) mass is 193 g/mol. The van der Waals surface area contributed by atoms with Crippen molar-refractivity contribution in [1.29, 1.82) is 0 Å². The van der Waals surface area contributed by atoms with E-state index in [4.69, 9.17) is 15.2 Å². The van der Waals surface area contributed by atoms with Crippen molar-refractivity contribution in [3.05, 3.63) is 29.8 Å². The lowest BCUT2D eigenvalue weighted by Gasteiger charge is -2.13. The average Bonchev–Trinajstić information content (AvgIpc) is 2.65. The van der Waals surface area contributed by atoms with Crippen LogP contribution in [0.2, 0.25) is 0 Å². The third-order valence-corrected chi connectivity index (χ3v) is 2.67. The molecule has 14 heavy (non-hydrogen) atoms. The lowest BCUT2D eigenvalue weighted by Crippen LogP contribution is -2.26. The second-order valence-electron chi connectivity index (χ2n) is 3.58. The summed E-state index contributed by atoms with van der Waals surface area (Å²) in [6, 6.07) is 8.15. The van der Waals surface area contributed by atoms with Crippen LogP contribution in [0, 0.1) is 0 Å². The van der Waals surface area contributed by atoms with Crippen LogP contribution in [0.25, 0.3) is 0 Å². The molecule has 0 aliphatic carbocycles. The van der Waals surface area contributed by atoms with E-state index in [2.05, 4.69) is 12.1 Å². The Morgan fingerprint density at radius 3 is 2.50 bits per heavy atom. The summed E-state index contributed by atoms with van der Waals surface area (Å²) in [7, 11) is 1.67. The number of ether oxygens (including phenoxy) is 2. The summed E-state index contributed by atoms with van der Waals surface area (Å²) in [5.74, 6) is 1.21. The van der Waals surface area contributed by atoms with Gasteiger partial charge in [0.1, 0.15) is 5.75 Å². The molecule has 76 valence electrons. The van der Waals surface area contributed by atoms with Crippen molar-refractivity contribution in [2.24, 2.45) is 5.73 Å². The Labute approximate surface area is 83.8 Å². The van der Waals surface area contributed by atoms with E-state index >= 15 is 0 Å². The molecule has 0 spiro atoms. The predicted molar refractivity (Wildman–Crippen MR) is 54.5 cm³/mol. The molecule has 3 heteroatoms. The largest absolute Gasteiger partial charge is 0.497 e. The van der Waals surface area contributed by atoms with E-state index in [1.807, 2.05) is 12.1 Å². The molecule has 3 nitrogen and oxygen atoms in total. The van der Waals surface area contributed by atoms with Crippen molar-refractivity contribution in [3.8, 4) is 5.75 Å². The summed E-state index contributed by atoms with van der Waals surface area (Å²) in [4.78, 5) is 0. The second-order valence-corrected chi connectivity index (χ2v) is 3.58. The zero-order valence-corrected chi connectivity index (χ0v) is 8.27. The zero-order chi connectivity index (χ0) is 9.97. The number of rotatable bonds is 2. The number of hydrogen-bond acceptors (Lipinski definition) is 3. The first kappa shape index (κ1) is 9.49. The Hall–Kier alpha value is -1.06. The lowest BCUT2D eigenvalue weighted by molar-refractivity contribution is 0.191. The first-order chi connectivity index (χ1) is 6.81. The van der Waals surface area contributed by atoms with Gasteiger partial charge >= 0.3 is 0 Å². The van der Waals surface area contributed by atoms with Crippen molar-refractivity contribution in [1.82, 2.24) is 0 Å². The third kappa shape index (κ3) is 1.74. The van der Waals surface area contributed by atoms with Crippen LogP contribution in [-0.2, 0) is 4.74 Å². The standard InChI is InChI=1S/C11H15NO2/c1-13-9-4-2-8(3-5-9)10-6-14-7-11(10)12/h2-5,10-11H,6-7,12H2,1H3. The molecule has 0 saturated carbocycles. The molecule has 1 saturated heterocycles. The van der Waals surface area contributed by atoms with Gasteiger partial charge in [-0.1, -0.05) is 12.1 Å². The zero-order valence-electron chi connectivity index (χ0n) is 8.27. The van der Waals surface area contributed by atoms with Crippen molar-refractivity contribution >= 4 is 0 Å². The van der Waals surface area contributed by atoms with Gasteiger partial charge in [0.2, 0.25) is 0 Å². The van der Waals surface area contributed by atoms with E-state index in [1.165, 1.54) is 5.56 Å². The highest BCUT2D eigenvalue weighted by Crippen LogP contribution is 2.25. The minimum atomic E-state index is 0.128. The van der Waals surface area contributed by atoms with Crippen LogP contribution in [0.3, 0.4) is 0 Å². The predicted octanol–water partition coefficient (Wildman–Crippen LogP) is 1.14. The summed E-state index contributed by atoms with van der Waals surface area (Å²) in [5, 5.41) is 0. The maximum atomic E-state index is 5.93. The van der Waals surface area contributed by atoms with E-state index in [-0.39, 0.29) is 6.04 Å². The van der Waals surface area contributed by atoms with Gasteiger partial charge in [0.05, 0.1) is 20.3 Å². The van der Waals surface area contributed by atoms with Crippen LogP contribution in [-0.4, -0.2) is 26.4 Å². The van der Waals surface area contributed by atoms with Crippen LogP contribution >= 0.6 is 0 Å². The van der Waals surface area contributed by atoms with E-state index in [9.17, 15) is 0 Å². The van der Waals surface area contributed by atoms with Crippen molar-refractivity contribution < 1.29 is 9.47 Å². The fraction of sp³-hybridized carbons (Fsp3) is 0.455. The maximum Gasteiger partial charge on any atom is 0.118 e. The van der Waals surface area contributed by atoms with E-state index < -0.39 is 0 Å². The van der Waals surface area contributed by atoms with Crippen molar-refractivity contribution in [3.63, 3.8) is 0 Å². The van der Waals surface area contributed by atoms with E-state index in [1.54, 1.807) is 7.11 Å². The Morgan fingerprint density at radius 1 is 1.29 bits per heavy atom. The molecule has 1 aromatic carbocycles. The Morgan fingerprint density at radius 2 is 2.00 bits per heavy atom. The molecule has 2 N–H and O–H groups in total. The van der Waals surface area contributed by atoms with Gasteiger partial charge in [-0.3, -0.25) is 0 Å². The molecule has 1 heterocycles. The molecule has 2 unspecified atom stereocenters. The van der Waals surface area contributed by atoms with E-state index in [0.29, 0.717) is 12.5 Å².